The molecule has 1 heterocycles. The fourth-order valence-corrected chi connectivity index (χ4v) is 1.40. The summed E-state index contributed by atoms with van der Waals surface area (Å²) in [6, 6.07) is 6.62. The average Bonchev–Trinajstić information content (AvgIpc) is 2.29. The van der Waals surface area contributed by atoms with Crippen molar-refractivity contribution < 1.29 is 4.39 Å². The summed E-state index contributed by atoms with van der Waals surface area (Å²) in [5.41, 5.74) is 0.377. The van der Waals surface area contributed by atoms with Gasteiger partial charge in [0.2, 0.25) is 5.95 Å². The number of benzene rings is 1. The van der Waals surface area contributed by atoms with Crippen molar-refractivity contribution in [3.63, 3.8) is 0 Å². The van der Waals surface area contributed by atoms with Gasteiger partial charge in [-0.2, -0.15) is 4.98 Å². The van der Waals surface area contributed by atoms with Crippen molar-refractivity contribution in [1.29, 1.82) is 0 Å². The molecule has 0 aliphatic heterocycles. The SMILES string of the molecule is CC(C)Nc1ncnc(-c2ccccc2F)n1. The molecule has 0 radical (unpaired) electrons. The van der Waals surface area contributed by atoms with E-state index in [1.54, 1.807) is 18.2 Å². The first-order valence-electron chi connectivity index (χ1n) is 5.37. The number of nitrogens with zero attached hydrogens (tertiary/aromatic N) is 3. The maximum atomic E-state index is 13.5. The number of rotatable bonds is 3. The Morgan fingerprint density at radius 2 is 1.94 bits per heavy atom. The highest BCUT2D eigenvalue weighted by atomic mass is 19.1. The van der Waals surface area contributed by atoms with E-state index in [-0.39, 0.29) is 11.9 Å². The molecule has 5 heteroatoms. The Morgan fingerprint density at radius 3 is 2.65 bits per heavy atom. The standard InChI is InChI=1S/C12H13FN4/c1-8(2)16-12-15-7-14-11(17-12)9-5-3-4-6-10(9)13/h3-8H,1-2H3,(H,14,15,16,17). The summed E-state index contributed by atoms with van der Waals surface area (Å²) >= 11 is 0. The molecule has 0 amide bonds. The van der Waals surface area contributed by atoms with E-state index in [4.69, 9.17) is 0 Å². The summed E-state index contributed by atoms with van der Waals surface area (Å²) < 4.78 is 13.5. The van der Waals surface area contributed by atoms with E-state index in [1.165, 1.54) is 12.4 Å². The van der Waals surface area contributed by atoms with Crippen LogP contribution in [0.15, 0.2) is 30.6 Å². The van der Waals surface area contributed by atoms with Crippen LogP contribution in [0.1, 0.15) is 13.8 Å². The van der Waals surface area contributed by atoms with Gasteiger partial charge in [0.25, 0.3) is 0 Å². The lowest BCUT2D eigenvalue weighted by Crippen LogP contribution is -2.13. The lowest BCUT2D eigenvalue weighted by Gasteiger charge is -2.08. The smallest absolute Gasteiger partial charge is 0.226 e. The minimum atomic E-state index is -0.339. The molecule has 0 aliphatic carbocycles. The highest BCUT2D eigenvalue weighted by Crippen LogP contribution is 2.18. The number of halogens is 1. The summed E-state index contributed by atoms with van der Waals surface area (Å²) in [6.07, 6.45) is 1.37. The zero-order valence-corrected chi connectivity index (χ0v) is 9.68. The van der Waals surface area contributed by atoms with Gasteiger partial charge in [-0.15, -0.1) is 0 Å². The molecule has 1 aromatic carbocycles. The third kappa shape index (κ3) is 2.75. The maximum absolute atomic E-state index is 13.5. The first kappa shape index (κ1) is 11.4. The highest BCUT2D eigenvalue weighted by Gasteiger charge is 2.08. The van der Waals surface area contributed by atoms with Gasteiger partial charge in [0.15, 0.2) is 5.82 Å². The zero-order chi connectivity index (χ0) is 12.3. The van der Waals surface area contributed by atoms with E-state index in [0.29, 0.717) is 17.3 Å². The Hall–Kier alpha value is -2.04. The number of nitrogens with one attached hydrogen (secondary N) is 1. The van der Waals surface area contributed by atoms with E-state index in [1.807, 2.05) is 13.8 Å². The van der Waals surface area contributed by atoms with Crippen LogP contribution < -0.4 is 5.32 Å². The normalized spacial score (nSPS) is 10.6. The topological polar surface area (TPSA) is 50.7 Å². The molecule has 2 rings (SSSR count). The van der Waals surface area contributed by atoms with Crippen molar-refractivity contribution in [2.75, 3.05) is 5.32 Å². The van der Waals surface area contributed by atoms with Crippen LogP contribution in [-0.4, -0.2) is 21.0 Å². The van der Waals surface area contributed by atoms with E-state index >= 15 is 0 Å². The Kier molecular flexibility index (Phi) is 3.27. The van der Waals surface area contributed by atoms with Crippen LogP contribution in [-0.2, 0) is 0 Å². The molecular weight excluding hydrogens is 219 g/mol. The number of hydrogen-bond donors (Lipinski definition) is 1. The summed E-state index contributed by atoms with van der Waals surface area (Å²) in [4.78, 5) is 12.1. The second-order valence-corrected chi connectivity index (χ2v) is 3.91. The monoisotopic (exact) mass is 232 g/mol. The predicted octanol–water partition coefficient (Wildman–Crippen LogP) is 2.50. The number of anilines is 1. The van der Waals surface area contributed by atoms with Gasteiger partial charge in [-0.05, 0) is 26.0 Å². The van der Waals surface area contributed by atoms with Gasteiger partial charge in [0.1, 0.15) is 12.1 Å². The molecule has 17 heavy (non-hydrogen) atoms. The van der Waals surface area contributed by atoms with Crippen LogP contribution in [0.4, 0.5) is 10.3 Å². The van der Waals surface area contributed by atoms with E-state index in [9.17, 15) is 4.39 Å². The molecule has 4 nitrogen and oxygen atoms in total. The van der Waals surface area contributed by atoms with Gasteiger partial charge < -0.3 is 5.32 Å². The van der Waals surface area contributed by atoms with E-state index in [0.717, 1.165) is 0 Å². The molecule has 88 valence electrons. The third-order valence-corrected chi connectivity index (χ3v) is 2.10. The van der Waals surface area contributed by atoms with Crippen LogP contribution in [0, 0.1) is 5.82 Å². The Bertz CT molecular complexity index is 513. The quantitative estimate of drug-likeness (QED) is 0.883. The molecular formula is C12H13FN4. The van der Waals surface area contributed by atoms with Crippen molar-refractivity contribution in [2.24, 2.45) is 0 Å². The van der Waals surface area contributed by atoms with E-state index < -0.39 is 0 Å². The van der Waals surface area contributed by atoms with Crippen molar-refractivity contribution >= 4 is 5.95 Å². The Morgan fingerprint density at radius 1 is 1.18 bits per heavy atom. The molecule has 0 spiro atoms. The lowest BCUT2D eigenvalue weighted by molar-refractivity contribution is 0.630. The second-order valence-electron chi connectivity index (χ2n) is 3.91. The molecule has 0 atom stereocenters. The zero-order valence-electron chi connectivity index (χ0n) is 9.68. The average molecular weight is 232 g/mol. The largest absolute Gasteiger partial charge is 0.352 e. The maximum Gasteiger partial charge on any atom is 0.226 e. The van der Waals surface area contributed by atoms with Gasteiger partial charge in [-0.1, -0.05) is 12.1 Å². The number of aromatic nitrogens is 3. The van der Waals surface area contributed by atoms with Gasteiger partial charge >= 0.3 is 0 Å². The molecule has 2 aromatic rings. The van der Waals surface area contributed by atoms with Crippen molar-refractivity contribution in [3.8, 4) is 11.4 Å². The minimum Gasteiger partial charge on any atom is -0.352 e. The first-order valence-corrected chi connectivity index (χ1v) is 5.37. The molecule has 0 saturated carbocycles. The van der Waals surface area contributed by atoms with Gasteiger partial charge in [-0.25, -0.2) is 14.4 Å². The Balaban J connectivity index is 2.37. The fraction of sp³-hybridized carbons (Fsp3) is 0.250. The minimum absolute atomic E-state index is 0.214. The Labute approximate surface area is 99.0 Å². The van der Waals surface area contributed by atoms with Crippen molar-refractivity contribution in [1.82, 2.24) is 15.0 Å². The third-order valence-electron chi connectivity index (χ3n) is 2.10. The molecule has 0 fully saturated rings. The van der Waals surface area contributed by atoms with Crippen LogP contribution in [0.3, 0.4) is 0 Å². The summed E-state index contributed by atoms with van der Waals surface area (Å²) in [7, 11) is 0. The van der Waals surface area contributed by atoms with Crippen molar-refractivity contribution in [3.05, 3.63) is 36.4 Å². The first-order chi connectivity index (χ1) is 8.16. The van der Waals surface area contributed by atoms with E-state index in [2.05, 4.69) is 20.3 Å². The van der Waals surface area contributed by atoms with Crippen LogP contribution in [0.5, 0.6) is 0 Å². The van der Waals surface area contributed by atoms with Gasteiger partial charge in [0, 0.05) is 6.04 Å². The van der Waals surface area contributed by atoms with Gasteiger partial charge in [0.05, 0.1) is 5.56 Å². The molecule has 0 bridgehead atoms. The van der Waals surface area contributed by atoms with Crippen molar-refractivity contribution in [2.45, 2.75) is 19.9 Å². The summed E-state index contributed by atoms with van der Waals surface area (Å²) in [6.45, 7) is 3.96. The molecule has 0 aliphatic rings. The molecule has 1 aromatic heterocycles. The van der Waals surface area contributed by atoms with Crippen LogP contribution in [0.2, 0.25) is 0 Å². The predicted molar refractivity (Wildman–Crippen MR) is 64.0 cm³/mol. The fourth-order valence-electron chi connectivity index (χ4n) is 1.40. The second kappa shape index (κ2) is 4.86. The van der Waals surface area contributed by atoms with Gasteiger partial charge in [-0.3, -0.25) is 0 Å². The van der Waals surface area contributed by atoms with Crippen LogP contribution in [0.25, 0.3) is 11.4 Å². The summed E-state index contributed by atoms with van der Waals surface area (Å²) in [5.74, 6) is 0.448. The highest BCUT2D eigenvalue weighted by molar-refractivity contribution is 5.56. The lowest BCUT2D eigenvalue weighted by atomic mass is 10.2. The van der Waals surface area contributed by atoms with Crippen LogP contribution >= 0.6 is 0 Å². The summed E-state index contributed by atoms with van der Waals surface area (Å²) in [5, 5.41) is 3.05. The molecule has 0 unspecified atom stereocenters. The number of hydrogen-bond acceptors (Lipinski definition) is 4. The molecule has 0 saturated heterocycles. The molecule has 1 N–H and O–H groups in total.